The molecule has 0 aliphatic rings. The molecule has 0 aliphatic heterocycles. The van der Waals surface area contributed by atoms with Gasteiger partial charge in [0.15, 0.2) is 0 Å². The topological polar surface area (TPSA) is 55.6 Å². The maximum Gasteiger partial charge on any atom is 0.337 e. The number of hydrogen-bond donors (Lipinski definition) is 1. The van der Waals surface area contributed by atoms with Gasteiger partial charge < -0.3 is 15.4 Å². The zero-order valence-corrected chi connectivity index (χ0v) is 11.7. The Hall–Kier alpha value is -2.49. The van der Waals surface area contributed by atoms with Gasteiger partial charge in [-0.2, -0.15) is 0 Å². The standard InChI is InChI=1S/C16H18N2O2/c1-18(11-12-6-4-3-5-7-12)15-10-13(16(19)20-2)8-9-14(15)17/h3-10H,11,17H2,1-2H3. The summed E-state index contributed by atoms with van der Waals surface area (Å²) >= 11 is 0. The minimum absolute atomic E-state index is 0.362. The van der Waals surface area contributed by atoms with Crippen LogP contribution in [0.1, 0.15) is 15.9 Å². The molecule has 0 atom stereocenters. The van der Waals surface area contributed by atoms with Gasteiger partial charge in [-0.25, -0.2) is 4.79 Å². The number of nitrogens with two attached hydrogens (primary N) is 1. The number of carbonyl (C=O) groups is 1. The summed E-state index contributed by atoms with van der Waals surface area (Å²) in [6, 6.07) is 15.2. The van der Waals surface area contributed by atoms with Gasteiger partial charge in [0.1, 0.15) is 0 Å². The van der Waals surface area contributed by atoms with Gasteiger partial charge >= 0.3 is 5.97 Å². The highest BCUT2D eigenvalue weighted by Crippen LogP contribution is 2.25. The number of benzene rings is 2. The van der Waals surface area contributed by atoms with Crippen LogP contribution in [0.25, 0.3) is 0 Å². The summed E-state index contributed by atoms with van der Waals surface area (Å²) in [6.07, 6.45) is 0. The molecule has 0 radical (unpaired) electrons. The smallest absolute Gasteiger partial charge is 0.337 e. The van der Waals surface area contributed by atoms with Crippen LogP contribution in [0.3, 0.4) is 0 Å². The van der Waals surface area contributed by atoms with Crippen LogP contribution in [0.2, 0.25) is 0 Å². The van der Waals surface area contributed by atoms with Crippen molar-refractivity contribution in [2.45, 2.75) is 6.54 Å². The third kappa shape index (κ3) is 3.09. The lowest BCUT2D eigenvalue weighted by Crippen LogP contribution is -2.18. The van der Waals surface area contributed by atoms with E-state index in [9.17, 15) is 4.79 Å². The SMILES string of the molecule is COC(=O)c1ccc(N)c(N(C)Cc2ccccc2)c1. The van der Waals surface area contributed by atoms with Crippen molar-refractivity contribution in [3.8, 4) is 0 Å². The van der Waals surface area contributed by atoms with E-state index in [0.29, 0.717) is 11.3 Å². The Balaban J connectivity index is 2.25. The summed E-state index contributed by atoms with van der Waals surface area (Å²) in [6.45, 7) is 0.718. The van der Waals surface area contributed by atoms with E-state index in [0.717, 1.165) is 12.2 Å². The summed E-state index contributed by atoms with van der Waals surface area (Å²) in [7, 11) is 3.31. The Bertz CT molecular complexity index is 597. The lowest BCUT2D eigenvalue weighted by molar-refractivity contribution is 0.0601. The third-order valence-corrected chi connectivity index (χ3v) is 3.13. The number of carbonyl (C=O) groups excluding carboxylic acids is 1. The van der Waals surface area contributed by atoms with Crippen LogP contribution < -0.4 is 10.6 Å². The van der Waals surface area contributed by atoms with Crippen LogP contribution in [-0.4, -0.2) is 20.1 Å². The van der Waals surface area contributed by atoms with Gasteiger partial charge in [0, 0.05) is 13.6 Å². The first kappa shape index (κ1) is 13.9. The van der Waals surface area contributed by atoms with Gasteiger partial charge in [-0.1, -0.05) is 30.3 Å². The number of ether oxygens (including phenoxy) is 1. The first-order valence-corrected chi connectivity index (χ1v) is 6.34. The second-order valence-electron chi connectivity index (χ2n) is 4.61. The van der Waals surface area contributed by atoms with Crippen LogP contribution in [-0.2, 0) is 11.3 Å². The van der Waals surface area contributed by atoms with Crippen molar-refractivity contribution in [1.82, 2.24) is 0 Å². The van der Waals surface area contributed by atoms with Crippen LogP contribution in [0.15, 0.2) is 48.5 Å². The molecule has 0 aliphatic carbocycles. The fourth-order valence-electron chi connectivity index (χ4n) is 2.06. The quantitative estimate of drug-likeness (QED) is 0.685. The van der Waals surface area contributed by atoms with Crippen LogP contribution in [0.5, 0.6) is 0 Å². The summed E-state index contributed by atoms with van der Waals surface area (Å²) in [5.41, 5.74) is 9.12. The Morgan fingerprint density at radius 3 is 2.55 bits per heavy atom. The maximum atomic E-state index is 11.6. The molecule has 2 rings (SSSR count). The molecule has 20 heavy (non-hydrogen) atoms. The van der Waals surface area contributed by atoms with E-state index in [1.54, 1.807) is 18.2 Å². The molecule has 0 unspecified atom stereocenters. The van der Waals surface area contributed by atoms with Crippen molar-refractivity contribution in [3.63, 3.8) is 0 Å². The number of hydrogen-bond acceptors (Lipinski definition) is 4. The molecule has 0 bridgehead atoms. The van der Waals surface area contributed by atoms with Crippen molar-refractivity contribution in [2.75, 3.05) is 24.8 Å². The molecular weight excluding hydrogens is 252 g/mol. The second kappa shape index (κ2) is 6.10. The zero-order chi connectivity index (χ0) is 14.5. The molecule has 0 saturated heterocycles. The van der Waals surface area contributed by atoms with Gasteiger partial charge in [0.2, 0.25) is 0 Å². The van der Waals surface area contributed by atoms with E-state index in [1.165, 1.54) is 12.7 Å². The lowest BCUT2D eigenvalue weighted by atomic mass is 10.1. The van der Waals surface area contributed by atoms with Crippen LogP contribution >= 0.6 is 0 Å². The molecule has 0 amide bonds. The van der Waals surface area contributed by atoms with Crippen molar-refractivity contribution in [1.29, 1.82) is 0 Å². The fraction of sp³-hybridized carbons (Fsp3) is 0.188. The lowest BCUT2D eigenvalue weighted by Gasteiger charge is -2.21. The molecule has 0 aromatic heterocycles. The highest BCUT2D eigenvalue weighted by atomic mass is 16.5. The molecule has 0 fully saturated rings. The number of rotatable bonds is 4. The first-order valence-electron chi connectivity index (χ1n) is 6.34. The van der Waals surface area contributed by atoms with Crippen molar-refractivity contribution >= 4 is 17.3 Å². The number of methoxy groups -OCH3 is 1. The van der Waals surface area contributed by atoms with Crippen molar-refractivity contribution in [2.24, 2.45) is 0 Å². The Kier molecular flexibility index (Phi) is 4.25. The van der Waals surface area contributed by atoms with Crippen LogP contribution in [0, 0.1) is 0 Å². The average Bonchev–Trinajstić information content (AvgIpc) is 2.48. The molecule has 4 heteroatoms. The Morgan fingerprint density at radius 2 is 1.90 bits per heavy atom. The number of nitrogen functional groups attached to an aromatic ring is 1. The highest BCUT2D eigenvalue weighted by Gasteiger charge is 2.11. The predicted octanol–water partition coefficient (Wildman–Crippen LogP) is 2.69. The number of esters is 1. The van der Waals surface area contributed by atoms with E-state index in [1.807, 2.05) is 30.1 Å². The molecule has 0 spiro atoms. The Morgan fingerprint density at radius 1 is 1.20 bits per heavy atom. The van der Waals surface area contributed by atoms with E-state index < -0.39 is 0 Å². The first-order chi connectivity index (χ1) is 9.61. The van der Waals surface area contributed by atoms with Gasteiger partial charge in [0.25, 0.3) is 0 Å². The molecule has 2 aromatic rings. The summed E-state index contributed by atoms with van der Waals surface area (Å²) in [4.78, 5) is 13.6. The van der Waals surface area contributed by atoms with E-state index in [2.05, 4.69) is 12.1 Å². The largest absolute Gasteiger partial charge is 0.465 e. The van der Waals surface area contributed by atoms with E-state index in [-0.39, 0.29) is 5.97 Å². The Labute approximate surface area is 118 Å². The second-order valence-corrected chi connectivity index (χ2v) is 4.61. The van der Waals surface area contributed by atoms with E-state index >= 15 is 0 Å². The number of anilines is 2. The van der Waals surface area contributed by atoms with Crippen molar-refractivity contribution in [3.05, 3.63) is 59.7 Å². The molecular formula is C16H18N2O2. The zero-order valence-electron chi connectivity index (χ0n) is 11.7. The molecule has 104 valence electrons. The van der Waals surface area contributed by atoms with Gasteiger partial charge in [-0.3, -0.25) is 0 Å². The van der Waals surface area contributed by atoms with Gasteiger partial charge in [-0.15, -0.1) is 0 Å². The normalized spacial score (nSPS) is 10.1. The molecule has 2 N–H and O–H groups in total. The minimum Gasteiger partial charge on any atom is -0.465 e. The summed E-state index contributed by atoms with van der Waals surface area (Å²) in [5, 5.41) is 0. The molecule has 0 saturated carbocycles. The summed E-state index contributed by atoms with van der Waals surface area (Å²) in [5.74, 6) is -0.362. The minimum atomic E-state index is -0.362. The molecule has 0 heterocycles. The van der Waals surface area contributed by atoms with Crippen molar-refractivity contribution < 1.29 is 9.53 Å². The van der Waals surface area contributed by atoms with Crippen LogP contribution in [0.4, 0.5) is 11.4 Å². The summed E-state index contributed by atoms with van der Waals surface area (Å²) < 4.78 is 4.73. The highest BCUT2D eigenvalue weighted by molar-refractivity contribution is 5.92. The van der Waals surface area contributed by atoms with Gasteiger partial charge in [0.05, 0.1) is 24.0 Å². The molecule has 4 nitrogen and oxygen atoms in total. The van der Waals surface area contributed by atoms with Gasteiger partial charge in [-0.05, 0) is 23.8 Å². The molecule has 2 aromatic carbocycles. The van der Waals surface area contributed by atoms with E-state index in [4.69, 9.17) is 10.5 Å². The monoisotopic (exact) mass is 270 g/mol. The number of nitrogens with zero attached hydrogens (tertiary/aromatic N) is 1. The third-order valence-electron chi connectivity index (χ3n) is 3.13. The fourth-order valence-corrected chi connectivity index (χ4v) is 2.06. The predicted molar refractivity (Wildman–Crippen MR) is 80.7 cm³/mol. The average molecular weight is 270 g/mol. The maximum absolute atomic E-state index is 11.6.